The Labute approximate surface area is 125 Å². The standard InChI is InChI=1S/C13H21N5O2S/c1-17(2)8-9-18-10-14-13(15-11-18)16-21(19,20)12-6-4-3-5-7-12/h3-7H,8-11H2,1-2H3,(H2,14,15,16). The highest BCUT2D eigenvalue weighted by Crippen LogP contribution is 2.07. The molecule has 0 radical (unpaired) electrons. The molecule has 1 aliphatic rings. The number of sulfonamides is 1. The number of hydrogen-bond acceptors (Lipinski definition) is 6. The minimum absolute atomic E-state index is 0.226. The maximum absolute atomic E-state index is 12.1. The lowest BCUT2D eigenvalue weighted by Gasteiger charge is -2.27. The van der Waals surface area contributed by atoms with Gasteiger partial charge in [0.1, 0.15) is 0 Å². The number of benzene rings is 1. The van der Waals surface area contributed by atoms with Gasteiger partial charge in [-0.1, -0.05) is 18.2 Å². The molecule has 0 unspecified atom stereocenters. The number of aliphatic imine (C=N–C) groups is 1. The Balaban J connectivity index is 1.93. The molecule has 1 heterocycles. The van der Waals surface area contributed by atoms with E-state index in [0.29, 0.717) is 19.3 Å². The molecule has 0 fully saturated rings. The summed E-state index contributed by atoms with van der Waals surface area (Å²) in [6, 6.07) is 8.25. The first-order valence-corrected chi connectivity index (χ1v) is 8.19. The summed E-state index contributed by atoms with van der Waals surface area (Å²) >= 11 is 0. The Kier molecular flexibility index (Phi) is 5.16. The van der Waals surface area contributed by atoms with Crippen molar-refractivity contribution in [3.63, 3.8) is 0 Å². The first-order chi connectivity index (χ1) is 9.97. The van der Waals surface area contributed by atoms with Crippen LogP contribution in [0.25, 0.3) is 0 Å². The van der Waals surface area contributed by atoms with Crippen molar-refractivity contribution in [3.05, 3.63) is 30.3 Å². The average Bonchev–Trinajstić information content (AvgIpc) is 2.47. The summed E-state index contributed by atoms with van der Waals surface area (Å²) in [6.45, 7) is 2.86. The third kappa shape index (κ3) is 4.69. The van der Waals surface area contributed by atoms with E-state index in [2.05, 4.69) is 24.8 Å². The van der Waals surface area contributed by atoms with Gasteiger partial charge in [0.2, 0.25) is 5.96 Å². The van der Waals surface area contributed by atoms with Crippen LogP contribution < -0.4 is 10.0 Å². The number of likely N-dealkylation sites (N-methyl/N-ethyl adjacent to an activating group) is 1. The van der Waals surface area contributed by atoms with Crippen molar-refractivity contribution in [1.29, 1.82) is 0 Å². The highest BCUT2D eigenvalue weighted by molar-refractivity contribution is 7.90. The van der Waals surface area contributed by atoms with E-state index in [9.17, 15) is 8.42 Å². The van der Waals surface area contributed by atoms with Crippen LogP contribution in [0, 0.1) is 0 Å². The molecule has 0 amide bonds. The topological polar surface area (TPSA) is 77.0 Å². The summed E-state index contributed by atoms with van der Waals surface area (Å²) in [7, 11) is 0.455. The maximum atomic E-state index is 12.1. The van der Waals surface area contributed by atoms with E-state index in [1.54, 1.807) is 30.3 Å². The smallest absolute Gasteiger partial charge is 0.264 e. The third-order valence-electron chi connectivity index (χ3n) is 3.05. The third-order valence-corrected chi connectivity index (χ3v) is 4.40. The number of nitrogens with one attached hydrogen (secondary N) is 2. The average molecular weight is 311 g/mol. The minimum atomic E-state index is -3.57. The summed E-state index contributed by atoms with van der Waals surface area (Å²) in [5, 5.41) is 2.99. The van der Waals surface area contributed by atoms with E-state index in [4.69, 9.17) is 0 Å². The van der Waals surface area contributed by atoms with Crippen molar-refractivity contribution >= 4 is 16.0 Å². The fourth-order valence-corrected chi connectivity index (χ4v) is 2.83. The second-order valence-corrected chi connectivity index (χ2v) is 6.78. The van der Waals surface area contributed by atoms with E-state index in [-0.39, 0.29) is 4.90 Å². The number of hydrogen-bond donors (Lipinski definition) is 2. The molecule has 0 aromatic heterocycles. The molecule has 8 heteroatoms. The van der Waals surface area contributed by atoms with Crippen molar-refractivity contribution in [2.75, 3.05) is 40.5 Å². The van der Waals surface area contributed by atoms with Crippen molar-refractivity contribution < 1.29 is 8.42 Å². The molecule has 0 saturated heterocycles. The number of rotatable bonds is 5. The molecular weight excluding hydrogens is 290 g/mol. The molecule has 2 rings (SSSR count). The van der Waals surface area contributed by atoms with Crippen molar-refractivity contribution in [3.8, 4) is 0 Å². The quantitative estimate of drug-likeness (QED) is 0.781. The van der Waals surface area contributed by atoms with Gasteiger partial charge in [0.25, 0.3) is 10.0 Å². The zero-order chi connectivity index (χ0) is 15.3. The van der Waals surface area contributed by atoms with Gasteiger partial charge in [-0.15, -0.1) is 0 Å². The first-order valence-electron chi connectivity index (χ1n) is 6.70. The summed E-state index contributed by atoms with van der Waals surface area (Å²) in [6.07, 6.45) is 0. The van der Waals surface area contributed by atoms with E-state index in [1.165, 1.54) is 0 Å². The molecule has 0 spiro atoms. The Morgan fingerprint density at radius 3 is 2.62 bits per heavy atom. The van der Waals surface area contributed by atoms with Gasteiger partial charge < -0.3 is 10.2 Å². The molecule has 21 heavy (non-hydrogen) atoms. The van der Waals surface area contributed by atoms with Gasteiger partial charge in [0.15, 0.2) is 0 Å². The molecule has 0 saturated carbocycles. The van der Waals surface area contributed by atoms with E-state index in [1.807, 2.05) is 14.1 Å². The summed E-state index contributed by atoms with van der Waals surface area (Å²) in [4.78, 5) is 8.64. The van der Waals surface area contributed by atoms with Crippen LogP contribution in [0.4, 0.5) is 0 Å². The molecule has 0 atom stereocenters. The SMILES string of the molecule is CN(C)CCN1CN=C(NS(=O)(=O)c2ccccc2)NC1. The number of nitrogens with zero attached hydrogens (tertiary/aromatic N) is 3. The minimum Gasteiger partial charge on any atom is -0.343 e. The molecule has 2 N–H and O–H groups in total. The van der Waals surface area contributed by atoms with Crippen LogP contribution >= 0.6 is 0 Å². The molecule has 1 aliphatic heterocycles. The van der Waals surface area contributed by atoms with Crippen LogP contribution in [0.5, 0.6) is 0 Å². The Bertz CT molecular complexity index is 586. The second kappa shape index (κ2) is 6.88. The maximum Gasteiger partial charge on any atom is 0.264 e. The van der Waals surface area contributed by atoms with E-state index < -0.39 is 10.0 Å². The van der Waals surface area contributed by atoms with Crippen molar-refractivity contribution in [2.45, 2.75) is 4.90 Å². The second-order valence-electron chi connectivity index (χ2n) is 5.10. The largest absolute Gasteiger partial charge is 0.343 e. The summed E-state index contributed by atoms with van der Waals surface area (Å²) in [5.74, 6) is 0.292. The van der Waals surface area contributed by atoms with E-state index >= 15 is 0 Å². The predicted octanol–water partition coefficient (Wildman–Crippen LogP) is -0.297. The Morgan fingerprint density at radius 2 is 2.05 bits per heavy atom. The fraction of sp³-hybridized carbons (Fsp3) is 0.462. The summed E-state index contributed by atoms with van der Waals surface area (Å²) in [5.41, 5.74) is 0. The van der Waals surface area contributed by atoms with Crippen molar-refractivity contribution in [2.24, 2.45) is 4.99 Å². The van der Waals surface area contributed by atoms with Crippen LogP contribution in [0.1, 0.15) is 0 Å². The zero-order valence-corrected chi connectivity index (χ0v) is 13.1. The van der Waals surface area contributed by atoms with Gasteiger partial charge in [-0.25, -0.2) is 18.1 Å². The van der Waals surface area contributed by atoms with Crippen LogP contribution in [0.2, 0.25) is 0 Å². The first kappa shape index (κ1) is 15.7. The molecule has 0 aliphatic carbocycles. The van der Waals surface area contributed by atoms with Crippen LogP contribution in [0.15, 0.2) is 40.2 Å². The zero-order valence-electron chi connectivity index (χ0n) is 12.3. The van der Waals surface area contributed by atoms with Gasteiger partial charge >= 0.3 is 0 Å². The van der Waals surface area contributed by atoms with Gasteiger partial charge in [-0.3, -0.25) is 4.90 Å². The highest BCUT2D eigenvalue weighted by Gasteiger charge is 2.18. The molecule has 7 nitrogen and oxygen atoms in total. The van der Waals surface area contributed by atoms with Gasteiger partial charge in [-0.05, 0) is 26.2 Å². The number of guanidine groups is 1. The summed E-state index contributed by atoms with van der Waals surface area (Å²) < 4.78 is 26.8. The van der Waals surface area contributed by atoms with Crippen molar-refractivity contribution in [1.82, 2.24) is 19.8 Å². The molecule has 1 aromatic rings. The predicted molar refractivity (Wildman–Crippen MR) is 82.3 cm³/mol. The Morgan fingerprint density at radius 1 is 1.33 bits per heavy atom. The fourth-order valence-electron chi connectivity index (χ4n) is 1.81. The van der Waals surface area contributed by atoms with Gasteiger partial charge in [-0.2, -0.15) is 0 Å². The monoisotopic (exact) mass is 311 g/mol. The molecule has 0 bridgehead atoms. The normalized spacial score (nSPS) is 16.4. The van der Waals surface area contributed by atoms with Crippen LogP contribution in [-0.2, 0) is 10.0 Å². The molecule has 1 aromatic carbocycles. The van der Waals surface area contributed by atoms with Gasteiger partial charge in [0, 0.05) is 13.1 Å². The van der Waals surface area contributed by atoms with Crippen LogP contribution in [0.3, 0.4) is 0 Å². The molecular formula is C13H21N5O2S. The lowest BCUT2D eigenvalue weighted by molar-refractivity contribution is 0.233. The van der Waals surface area contributed by atoms with Gasteiger partial charge in [0.05, 0.1) is 18.2 Å². The lowest BCUT2D eigenvalue weighted by atomic mass is 10.4. The van der Waals surface area contributed by atoms with Crippen LogP contribution in [-0.4, -0.2) is 64.7 Å². The lowest BCUT2D eigenvalue weighted by Crippen LogP contribution is -2.51. The Hall–Kier alpha value is -1.64. The van der Waals surface area contributed by atoms with E-state index in [0.717, 1.165) is 13.1 Å². The highest BCUT2D eigenvalue weighted by atomic mass is 32.2. The molecule has 116 valence electrons.